The number of hydrogen-bond donors (Lipinski definition) is 5. The summed E-state index contributed by atoms with van der Waals surface area (Å²) >= 11 is 0. The second kappa shape index (κ2) is 13.0. The molecule has 1 aliphatic heterocycles. The SMILES string of the molecule is CCc1nc(-c2ccc(NC(=O)Nc3ccccc3)cc2)c(-c2ccnc3[nH]c(CNCCN4CCOCC4)cc23)[nH]1. The van der Waals surface area contributed by atoms with Gasteiger partial charge in [-0.1, -0.05) is 37.3 Å². The van der Waals surface area contributed by atoms with Gasteiger partial charge in [-0.05, 0) is 36.4 Å². The molecule has 2 aromatic carbocycles. The molecule has 1 saturated heterocycles. The summed E-state index contributed by atoms with van der Waals surface area (Å²) in [4.78, 5) is 31.4. The Balaban J connectivity index is 1.18. The average Bonchev–Trinajstić information content (AvgIpc) is 3.65. The number of carbonyl (C=O) groups is 1. The van der Waals surface area contributed by atoms with Gasteiger partial charge >= 0.3 is 6.03 Å². The summed E-state index contributed by atoms with van der Waals surface area (Å²) < 4.78 is 5.44. The van der Waals surface area contributed by atoms with Crippen molar-refractivity contribution in [2.24, 2.45) is 0 Å². The van der Waals surface area contributed by atoms with Gasteiger partial charge in [-0.15, -0.1) is 0 Å². The molecule has 0 atom stereocenters. The Kier molecular flexibility index (Phi) is 8.55. The summed E-state index contributed by atoms with van der Waals surface area (Å²) in [5, 5.41) is 10.3. The van der Waals surface area contributed by atoms with Crippen LogP contribution in [0.15, 0.2) is 72.9 Å². The molecule has 0 unspecified atom stereocenters. The third kappa shape index (κ3) is 6.52. The second-order valence-corrected chi connectivity index (χ2v) is 10.3. The van der Waals surface area contributed by atoms with Crippen LogP contribution in [0, 0.1) is 0 Å². The lowest BCUT2D eigenvalue weighted by Crippen LogP contribution is -2.40. The lowest BCUT2D eigenvalue weighted by molar-refractivity contribution is 0.0384. The highest BCUT2D eigenvalue weighted by Crippen LogP contribution is 2.35. The summed E-state index contributed by atoms with van der Waals surface area (Å²) in [6, 6.07) is 21.0. The van der Waals surface area contributed by atoms with Crippen molar-refractivity contribution in [1.29, 1.82) is 0 Å². The van der Waals surface area contributed by atoms with Gasteiger partial charge in [0.2, 0.25) is 0 Å². The number of aromatic amines is 2. The van der Waals surface area contributed by atoms with Crippen molar-refractivity contribution in [2.45, 2.75) is 19.9 Å². The first kappa shape index (κ1) is 27.6. The minimum atomic E-state index is -0.291. The fraction of sp³-hybridized carbons (Fsp3) is 0.281. The third-order valence-corrected chi connectivity index (χ3v) is 7.42. The highest BCUT2D eigenvalue weighted by Gasteiger charge is 2.18. The maximum absolute atomic E-state index is 12.4. The lowest BCUT2D eigenvalue weighted by Gasteiger charge is -2.26. The van der Waals surface area contributed by atoms with Crippen LogP contribution >= 0.6 is 0 Å². The molecule has 0 bridgehead atoms. The van der Waals surface area contributed by atoms with Crippen LogP contribution in [0.4, 0.5) is 16.2 Å². The number of imidazole rings is 1. The number of anilines is 2. The molecule has 1 aliphatic rings. The van der Waals surface area contributed by atoms with Crippen LogP contribution in [0.1, 0.15) is 18.4 Å². The number of aryl methyl sites for hydroxylation is 1. The first-order valence-electron chi connectivity index (χ1n) is 14.5. The van der Waals surface area contributed by atoms with Crippen molar-refractivity contribution in [1.82, 2.24) is 30.2 Å². The number of carbonyl (C=O) groups excluding carboxylic acids is 1. The van der Waals surface area contributed by atoms with Crippen molar-refractivity contribution < 1.29 is 9.53 Å². The number of rotatable bonds is 10. The third-order valence-electron chi connectivity index (χ3n) is 7.42. The summed E-state index contributed by atoms with van der Waals surface area (Å²) in [6.45, 7) is 8.38. The molecule has 42 heavy (non-hydrogen) atoms. The maximum Gasteiger partial charge on any atom is 0.323 e. The van der Waals surface area contributed by atoms with Crippen LogP contribution in [-0.2, 0) is 17.7 Å². The zero-order valence-electron chi connectivity index (χ0n) is 23.7. The number of ether oxygens (including phenoxy) is 1. The molecule has 4 heterocycles. The van der Waals surface area contributed by atoms with E-state index in [1.807, 2.05) is 66.9 Å². The largest absolute Gasteiger partial charge is 0.379 e. The van der Waals surface area contributed by atoms with E-state index in [9.17, 15) is 4.79 Å². The highest BCUT2D eigenvalue weighted by atomic mass is 16.5. The molecular weight excluding hydrogens is 528 g/mol. The molecular formula is C32H36N8O2. The van der Waals surface area contributed by atoms with Crippen molar-refractivity contribution >= 4 is 28.4 Å². The van der Waals surface area contributed by atoms with Crippen molar-refractivity contribution in [3.63, 3.8) is 0 Å². The smallest absolute Gasteiger partial charge is 0.323 e. The van der Waals surface area contributed by atoms with Crippen molar-refractivity contribution in [3.05, 3.63) is 84.4 Å². The summed E-state index contributed by atoms with van der Waals surface area (Å²) in [5.74, 6) is 0.912. The van der Waals surface area contributed by atoms with Gasteiger partial charge in [-0.3, -0.25) is 4.90 Å². The number of nitrogens with zero attached hydrogens (tertiary/aromatic N) is 3. The van der Waals surface area contributed by atoms with Crippen LogP contribution < -0.4 is 16.0 Å². The summed E-state index contributed by atoms with van der Waals surface area (Å²) in [5.41, 5.74) is 7.19. The molecule has 5 aromatic rings. The number of pyridine rings is 1. The zero-order chi connectivity index (χ0) is 28.7. The topological polar surface area (TPSA) is 123 Å². The highest BCUT2D eigenvalue weighted by molar-refractivity contribution is 6.00. The molecule has 3 aromatic heterocycles. The Morgan fingerprint density at radius 1 is 0.976 bits per heavy atom. The molecule has 6 rings (SSSR count). The normalized spacial score (nSPS) is 13.8. The average molecular weight is 565 g/mol. The van der Waals surface area contributed by atoms with E-state index < -0.39 is 0 Å². The predicted octanol–water partition coefficient (Wildman–Crippen LogP) is 5.25. The summed E-state index contributed by atoms with van der Waals surface area (Å²) in [6.07, 6.45) is 2.62. The van der Waals surface area contributed by atoms with Crippen molar-refractivity contribution in [2.75, 3.05) is 50.0 Å². The van der Waals surface area contributed by atoms with E-state index in [2.05, 4.69) is 48.8 Å². The molecule has 10 heteroatoms. The van der Waals surface area contributed by atoms with E-state index in [1.54, 1.807) is 0 Å². The number of morpholine rings is 1. The number of urea groups is 1. The number of H-pyrrole nitrogens is 2. The Bertz CT molecular complexity index is 1620. The fourth-order valence-corrected chi connectivity index (χ4v) is 5.20. The number of benzene rings is 2. The van der Waals surface area contributed by atoms with Gasteiger partial charge < -0.3 is 30.7 Å². The van der Waals surface area contributed by atoms with E-state index in [0.717, 1.165) is 103 Å². The van der Waals surface area contributed by atoms with E-state index in [0.29, 0.717) is 5.69 Å². The minimum absolute atomic E-state index is 0.291. The van der Waals surface area contributed by atoms with Gasteiger partial charge in [-0.25, -0.2) is 14.8 Å². The Morgan fingerprint density at radius 3 is 2.50 bits per heavy atom. The first-order valence-corrected chi connectivity index (χ1v) is 14.5. The quantitative estimate of drug-likeness (QED) is 0.148. The minimum Gasteiger partial charge on any atom is -0.379 e. The number of fused-ring (bicyclic) bond motifs is 1. The van der Waals surface area contributed by atoms with Gasteiger partial charge in [0.05, 0.1) is 24.6 Å². The fourth-order valence-electron chi connectivity index (χ4n) is 5.20. The van der Waals surface area contributed by atoms with Gasteiger partial charge in [0.1, 0.15) is 11.5 Å². The molecule has 1 fully saturated rings. The van der Waals surface area contributed by atoms with E-state index in [-0.39, 0.29) is 6.03 Å². The van der Waals surface area contributed by atoms with Gasteiger partial charge in [0, 0.05) is 78.9 Å². The van der Waals surface area contributed by atoms with Crippen LogP contribution in [-0.4, -0.2) is 70.3 Å². The standard InChI is InChI=1S/C32H36N8O2/c1-2-28-38-29(22-8-10-24(11-9-22)37-32(41)36-23-6-4-3-5-7-23)30(39-28)26-12-13-34-31-27(26)20-25(35-31)21-33-14-15-40-16-18-42-19-17-40/h3-13,20,33H,2,14-19,21H2,1H3,(H,34,35)(H,38,39)(H2,36,37,41). The predicted molar refractivity (Wildman–Crippen MR) is 167 cm³/mol. The second-order valence-electron chi connectivity index (χ2n) is 10.3. The van der Waals surface area contributed by atoms with E-state index >= 15 is 0 Å². The van der Waals surface area contributed by atoms with Crippen LogP contribution in [0.5, 0.6) is 0 Å². The zero-order valence-corrected chi connectivity index (χ0v) is 23.7. The first-order chi connectivity index (χ1) is 20.7. The molecule has 0 radical (unpaired) electrons. The van der Waals surface area contributed by atoms with E-state index in [1.165, 1.54) is 0 Å². The molecule has 0 saturated carbocycles. The monoisotopic (exact) mass is 564 g/mol. The summed E-state index contributed by atoms with van der Waals surface area (Å²) in [7, 11) is 0. The molecule has 0 aliphatic carbocycles. The number of amides is 2. The number of hydrogen-bond acceptors (Lipinski definition) is 6. The van der Waals surface area contributed by atoms with Gasteiger partial charge in [0.25, 0.3) is 0 Å². The van der Waals surface area contributed by atoms with Crippen molar-refractivity contribution in [3.8, 4) is 22.5 Å². The molecule has 10 nitrogen and oxygen atoms in total. The van der Waals surface area contributed by atoms with E-state index in [4.69, 9.17) is 9.72 Å². The molecule has 0 spiro atoms. The molecule has 5 N–H and O–H groups in total. The number of aromatic nitrogens is 4. The molecule has 2 amide bonds. The number of nitrogens with one attached hydrogen (secondary N) is 5. The Morgan fingerprint density at radius 2 is 1.74 bits per heavy atom. The van der Waals surface area contributed by atoms with Crippen LogP contribution in [0.25, 0.3) is 33.5 Å². The Labute approximate surface area is 244 Å². The lowest BCUT2D eigenvalue weighted by atomic mass is 10.0. The molecule has 216 valence electrons. The maximum atomic E-state index is 12.4. The van der Waals surface area contributed by atoms with Crippen LogP contribution in [0.3, 0.4) is 0 Å². The van der Waals surface area contributed by atoms with Gasteiger partial charge in [0.15, 0.2) is 0 Å². The van der Waals surface area contributed by atoms with Gasteiger partial charge in [-0.2, -0.15) is 0 Å². The Hall–Kier alpha value is -4.51. The van der Waals surface area contributed by atoms with Crippen LogP contribution in [0.2, 0.25) is 0 Å². The number of para-hydroxylation sites is 1.